The molecule has 0 bridgehead atoms. The number of hydrogen-bond acceptors (Lipinski definition) is 7. The van der Waals surface area contributed by atoms with Gasteiger partial charge in [-0.1, -0.05) is 11.3 Å². The Labute approximate surface area is 121 Å². The van der Waals surface area contributed by atoms with Crippen LogP contribution in [0.5, 0.6) is 0 Å². The van der Waals surface area contributed by atoms with Crippen molar-refractivity contribution in [2.75, 3.05) is 37.4 Å². The van der Waals surface area contributed by atoms with Crippen LogP contribution in [0.1, 0.15) is 28.9 Å². The van der Waals surface area contributed by atoms with E-state index in [4.69, 9.17) is 15.6 Å². The van der Waals surface area contributed by atoms with Gasteiger partial charge in [-0.15, -0.1) is 0 Å². The summed E-state index contributed by atoms with van der Waals surface area (Å²) in [5.41, 5.74) is 5.75. The number of ether oxygens (including phenoxy) is 1. The summed E-state index contributed by atoms with van der Waals surface area (Å²) in [5.74, 6) is 0.0678. The van der Waals surface area contributed by atoms with E-state index in [9.17, 15) is 4.79 Å². The van der Waals surface area contributed by atoms with Gasteiger partial charge in [0.15, 0.2) is 5.13 Å². The van der Waals surface area contributed by atoms with Crippen LogP contribution in [-0.4, -0.2) is 48.4 Å². The average Bonchev–Trinajstić information content (AvgIpc) is 3.15. The van der Waals surface area contributed by atoms with Crippen molar-refractivity contribution in [3.8, 4) is 0 Å². The number of aliphatic hydroxyl groups excluding tert-OH is 1. The Kier molecular flexibility index (Phi) is 5.57. The maximum Gasteiger partial charge on any atom is 0.265 e. The number of nitrogens with zero attached hydrogens (tertiary/aromatic N) is 1. The molecule has 1 aliphatic carbocycles. The van der Waals surface area contributed by atoms with Crippen LogP contribution < -0.4 is 16.4 Å². The van der Waals surface area contributed by atoms with Crippen molar-refractivity contribution in [2.24, 2.45) is 0 Å². The molecule has 0 unspecified atom stereocenters. The molecule has 0 saturated heterocycles. The molecule has 5 N–H and O–H groups in total. The van der Waals surface area contributed by atoms with Crippen LogP contribution >= 0.6 is 11.3 Å². The Hall–Kier alpha value is -1.38. The van der Waals surface area contributed by atoms with Crippen LogP contribution in [0.2, 0.25) is 0 Å². The molecule has 1 amide bonds. The van der Waals surface area contributed by atoms with Gasteiger partial charge in [0.2, 0.25) is 0 Å². The highest BCUT2D eigenvalue weighted by Gasteiger charge is 2.24. The Morgan fingerprint density at radius 1 is 1.50 bits per heavy atom. The maximum atomic E-state index is 11.9. The molecule has 20 heavy (non-hydrogen) atoms. The van der Waals surface area contributed by atoms with Gasteiger partial charge in [0.05, 0.1) is 13.2 Å². The van der Waals surface area contributed by atoms with Gasteiger partial charge in [0.25, 0.3) is 5.91 Å². The van der Waals surface area contributed by atoms with Gasteiger partial charge in [0.1, 0.15) is 10.7 Å². The molecule has 0 aliphatic heterocycles. The first-order valence-corrected chi connectivity index (χ1v) is 7.52. The molecule has 0 aromatic carbocycles. The van der Waals surface area contributed by atoms with Gasteiger partial charge in [0, 0.05) is 19.2 Å². The van der Waals surface area contributed by atoms with Crippen molar-refractivity contribution < 1.29 is 14.6 Å². The molecule has 8 heteroatoms. The number of thiazole rings is 1. The quantitative estimate of drug-likeness (QED) is 0.492. The number of anilines is 2. The van der Waals surface area contributed by atoms with Gasteiger partial charge in [-0.25, -0.2) is 4.98 Å². The topological polar surface area (TPSA) is 110 Å². The molecule has 1 aromatic rings. The highest BCUT2D eigenvalue weighted by atomic mass is 32.1. The molecular formula is C12H20N4O3S. The summed E-state index contributed by atoms with van der Waals surface area (Å²) in [6.45, 7) is 1.35. The Morgan fingerprint density at radius 2 is 2.30 bits per heavy atom. The van der Waals surface area contributed by atoms with E-state index in [-0.39, 0.29) is 18.3 Å². The lowest BCUT2D eigenvalue weighted by atomic mass is 10.4. The lowest BCUT2D eigenvalue weighted by molar-refractivity contribution is 0.0869. The summed E-state index contributed by atoms with van der Waals surface area (Å²) in [6.07, 6.45) is 2.99. The lowest BCUT2D eigenvalue weighted by Gasteiger charge is -2.04. The van der Waals surface area contributed by atoms with Crippen LogP contribution in [0.15, 0.2) is 0 Å². The predicted molar refractivity (Wildman–Crippen MR) is 78.0 cm³/mol. The van der Waals surface area contributed by atoms with E-state index in [1.54, 1.807) is 0 Å². The van der Waals surface area contributed by atoms with Crippen LogP contribution in [0, 0.1) is 0 Å². The van der Waals surface area contributed by atoms with Crippen molar-refractivity contribution >= 4 is 28.2 Å². The zero-order chi connectivity index (χ0) is 14.4. The summed E-state index contributed by atoms with van der Waals surface area (Å²) in [5, 5.41) is 15.3. The van der Waals surface area contributed by atoms with Crippen molar-refractivity contribution in [1.82, 2.24) is 10.3 Å². The minimum Gasteiger partial charge on any atom is -0.394 e. The first-order valence-electron chi connectivity index (χ1n) is 6.70. The van der Waals surface area contributed by atoms with E-state index >= 15 is 0 Å². The van der Waals surface area contributed by atoms with Crippen molar-refractivity contribution in [3.05, 3.63) is 4.88 Å². The molecular weight excluding hydrogens is 280 g/mol. The SMILES string of the molecule is Nc1nc(NC2CC2)sc1C(=O)NCCCOCCO. The smallest absolute Gasteiger partial charge is 0.265 e. The third kappa shape index (κ3) is 4.62. The number of carbonyl (C=O) groups is 1. The number of hydrogen-bond donors (Lipinski definition) is 4. The zero-order valence-electron chi connectivity index (χ0n) is 11.2. The van der Waals surface area contributed by atoms with E-state index in [0.717, 1.165) is 12.8 Å². The van der Waals surface area contributed by atoms with Gasteiger partial charge < -0.3 is 26.2 Å². The van der Waals surface area contributed by atoms with Crippen molar-refractivity contribution in [1.29, 1.82) is 0 Å². The summed E-state index contributed by atoms with van der Waals surface area (Å²) in [6, 6.07) is 0.486. The van der Waals surface area contributed by atoms with Crippen LogP contribution in [0.3, 0.4) is 0 Å². The molecule has 1 fully saturated rings. The van der Waals surface area contributed by atoms with Gasteiger partial charge in [-0.3, -0.25) is 4.79 Å². The van der Waals surface area contributed by atoms with Crippen molar-refractivity contribution in [3.63, 3.8) is 0 Å². The van der Waals surface area contributed by atoms with Crippen LogP contribution in [0.25, 0.3) is 0 Å². The fourth-order valence-electron chi connectivity index (χ4n) is 1.58. The number of amides is 1. The number of nitrogens with one attached hydrogen (secondary N) is 2. The Morgan fingerprint density at radius 3 is 3.00 bits per heavy atom. The number of aromatic nitrogens is 1. The number of nitrogen functional groups attached to an aromatic ring is 1. The van der Waals surface area contributed by atoms with Crippen molar-refractivity contribution in [2.45, 2.75) is 25.3 Å². The molecule has 0 atom stereocenters. The molecule has 112 valence electrons. The molecule has 1 heterocycles. The number of nitrogens with two attached hydrogens (primary N) is 1. The van der Waals surface area contributed by atoms with E-state index in [1.165, 1.54) is 11.3 Å². The third-order valence-corrected chi connectivity index (χ3v) is 3.75. The molecule has 0 spiro atoms. The average molecular weight is 300 g/mol. The first-order chi connectivity index (χ1) is 9.70. The standard InChI is InChI=1S/C12H20N4O3S/c13-10-9(20-12(16-10)15-8-2-3-8)11(18)14-4-1-6-19-7-5-17/h8,17H,1-7,13H2,(H,14,18)(H,15,16). The minimum absolute atomic E-state index is 0.0144. The van der Waals surface area contributed by atoms with E-state index in [2.05, 4.69) is 15.6 Å². The second-order valence-corrected chi connectivity index (χ2v) is 5.60. The molecule has 0 radical (unpaired) electrons. The molecule has 2 rings (SSSR count). The van der Waals surface area contributed by atoms with Gasteiger partial charge in [-0.2, -0.15) is 0 Å². The summed E-state index contributed by atoms with van der Waals surface area (Å²) in [4.78, 5) is 16.5. The predicted octanol–water partition coefficient (Wildman–Crippen LogP) is 0.428. The molecule has 7 nitrogen and oxygen atoms in total. The number of aliphatic hydroxyl groups is 1. The van der Waals surface area contributed by atoms with E-state index < -0.39 is 0 Å². The Balaban J connectivity index is 1.72. The highest BCUT2D eigenvalue weighted by molar-refractivity contribution is 7.18. The van der Waals surface area contributed by atoms with E-state index in [1.807, 2.05) is 0 Å². The van der Waals surface area contributed by atoms with Crippen LogP contribution in [0.4, 0.5) is 10.9 Å². The fourth-order valence-corrected chi connectivity index (χ4v) is 2.46. The summed E-state index contributed by atoms with van der Waals surface area (Å²) >= 11 is 1.28. The summed E-state index contributed by atoms with van der Waals surface area (Å²) < 4.78 is 5.10. The largest absolute Gasteiger partial charge is 0.394 e. The fraction of sp³-hybridized carbons (Fsp3) is 0.667. The normalized spacial score (nSPS) is 14.2. The maximum absolute atomic E-state index is 11.9. The minimum atomic E-state index is -0.203. The molecule has 1 saturated carbocycles. The highest BCUT2D eigenvalue weighted by Crippen LogP contribution is 2.30. The second-order valence-electron chi connectivity index (χ2n) is 4.60. The Bertz CT molecular complexity index is 448. The number of carbonyl (C=O) groups excluding carboxylic acids is 1. The molecule has 1 aromatic heterocycles. The second kappa shape index (κ2) is 7.41. The lowest BCUT2D eigenvalue weighted by Crippen LogP contribution is -2.25. The monoisotopic (exact) mass is 300 g/mol. The zero-order valence-corrected chi connectivity index (χ0v) is 12.0. The van der Waals surface area contributed by atoms with E-state index in [0.29, 0.717) is 42.2 Å². The third-order valence-electron chi connectivity index (χ3n) is 2.75. The van der Waals surface area contributed by atoms with Crippen LogP contribution in [-0.2, 0) is 4.74 Å². The molecule has 1 aliphatic rings. The first kappa shape index (κ1) is 15.0. The number of rotatable bonds is 9. The van der Waals surface area contributed by atoms with Gasteiger partial charge >= 0.3 is 0 Å². The summed E-state index contributed by atoms with van der Waals surface area (Å²) in [7, 11) is 0. The van der Waals surface area contributed by atoms with Gasteiger partial charge in [-0.05, 0) is 19.3 Å².